The lowest BCUT2D eigenvalue weighted by Crippen LogP contribution is -2.12. The van der Waals surface area contributed by atoms with E-state index in [1.54, 1.807) is 6.26 Å². The largest absolute Gasteiger partial charge is 0.447 e. The maximum Gasteiger partial charge on any atom is 0.211 e. The molecule has 0 spiro atoms. The summed E-state index contributed by atoms with van der Waals surface area (Å²) in [4.78, 5) is 4.53. The highest BCUT2D eigenvalue weighted by atomic mass is 16.3. The quantitative estimate of drug-likeness (QED) is 0.835. The Labute approximate surface area is 94.5 Å². The summed E-state index contributed by atoms with van der Waals surface area (Å²) in [5.74, 6) is 0.816. The summed E-state index contributed by atoms with van der Waals surface area (Å²) in [5, 5.41) is 3.38. The first-order valence-corrected chi connectivity index (χ1v) is 5.68. The molecular formula is C13H14N2O. The van der Waals surface area contributed by atoms with Gasteiger partial charge in [-0.1, -0.05) is 30.3 Å². The van der Waals surface area contributed by atoms with Crippen molar-refractivity contribution in [1.29, 1.82) is 0 Å². The second-order valence-electron chi connectivity index (χ2n) is 4.09. The van der Waals surface area contributed by atoms with Crippen LogP contribution in [0.5, 0.6) is 0 Å². The SMILES string of the molecule is c1ccc(-c2coc(C3CCCN3)n2)cc1. The molecule has 1 aliphatic rings. The minimum atomic E-state index is 0.303. The lowest BCUT2D eigenvalue weighted by Gasteiger charge is -2.02. The van der Waals surface area contributed by atoms with E-state index in [-0.39, 0.29) is 0 Å². The Hall–Kier alpha value is -1.61. The maximum absolute atomic E-state index is 5.53. The number of aromatic nitrogens is 1. The third-order valence-corrected chi connectivity index (χ3v) is 2.95. The molecule has 0 saturated carbocycles. The number of nitrogens with one attached hydrogen (secondary N) is 1. The highest BCUT2D eigenvalue weighted by Crippen LogP contribution is 2.25. The molecule has 2 heterocycles. The number of benzene rings is 1. The van der Waals surface area contributed by atoms with Crippen LogP contribution in [0.4, 0.5) is 0 Å². The second kappa shape index (κ2) is 4.10. The zero-order valence-electron chi connectivity index (χ0n) is 9.02. The van der Waals surface area contributed by atoms with Crippen molar-refractivity contribution in [3.63, 3.8) is 0 Å². The third kappa shape index (κ3) is 1.74. The first-order valence-electron chi connectivity index (χ1n) is 5.68. The van der Waals surface area contributed by atoms with Gasteiger partial charge in [0.1, 0.15) is 12.0 Å². The van der Waals surface area contributed by atoms with Gasteiger partial charge in [0.25, 0.3) is 0 Å². The Morgan fingerprint density at radius 3 is 2.88 bits per heavy atom. The highest BCUT2D eigenvalue weighted by Gasteiger charge is 2.21. The van der Waals surface area contributed by atoms with Gasteiger partial charge in [0, 0.05) is 5.56 Å². The standard InChI is InChI=1S/C13H14N2O/c1-2-5-10(6-3-1)12-9-16-13(15-12)11-7-4-8-14-11/h1-3,5-6,9,11,14H,4,7-8H2. The van der Waals surface area contributed by atoms with Gasteiger partial charge in [-0.05, 0) is 19.4 Å². The molecule has 1 fully saturated rings. The van der Waals surface area contributed by atoms with Crippen molar-refractivity contribution in [3.8, 4) is 11.3 Å². The van der Waals surface area contributed by atoms with Gasteiger partial charge < -0.3 is 9.73 Å². The van der Waals surface area contributed by atoms with Crippen LogP contribution in [0.2, 0.25) is 0 Å². The number of oxazole rings is 1. The molecule has 3 nitrogen and oxygen atoms in total. The van der Waals surface area contributed by atoms with Crippen molar-refractivity contribution in [2.75, 3.05) is 6.54 Å². The van der Waals surface area contributed by atoms with Gasteiger partial charge in [-0.3, -0.25) is 0 Å². The van der Waals surface area contributed by atoms with Crippen LogP contribution in [-0.4, -0.2) is 11.5 Å². The van der Waals surface area contributed by atoms with E-state index in [1.165, 1.54) is 6.42 Å². The Kier molecular flexibility index (Phi) is 2.46. The van der Waals surface area contributed by atoms with Crippen LogP contribution >= 0.6 is 0 Å². The molecule has 1 aliphatic heterocycles. The van der Waals surface area contributed by atoms with Crippen LogP contribution in [0.1, 0.15) is 24.8 Å². The summed E-state index contributed by atoms with van der Waals surface area (Å²) in [6, 6.07) is 10.4. The van der Waals surface area contributed by atoms with Gasteiger partial charge in [-0.15, -0.1) is 0 Å². The van der Waals surface area contributed by atoms with Gasteiger partial charge in [0.15, 0.2) is 0 Å². The zero-order chi connectivity index (χ0) is 10.8. The first kappa shape index (κ1) is 9.60. The fourth-order valence-electron chi connectivity index (χ4n) is 2.08. The summed E-state index contributed by atoms with van der Waals surface area (Å²) in [6.07, 6.45) is 4.06. The molecule has 82 valence electrons. The van der Waals surface area contributed by atoms with Crippen LogP contribution in [0.25, 0.3) is 11.3 Å². The predicted molar refractivity (Wildman–Crippen MR) is 61.9 cm³/mol. The van der Waals surface area contributed by atoms with Crippen LogP contribution in [0, 0.1) is 0 Å². The van der Waals surface area contributed by atoms with E-state index in [4.69, 9.17) is 4.42 Å². The summed E-state index contributed by atoms with van der Waals surface area (Å²) in [5.41, 5.74) is 2.03. The average molecular weight is 214 g/mol. The molecule has 16 heavy (non-hydrogen) atoms. The zero-order valence-corrected chi connectivity index (χ0v) is 9.02. The van der Waals surface area contributed by atoms with Gasteiger partial charge >= 0.3 is 0 Å². The number of rotatable bonds is 2. The molecule has 1 aromatic carbocycles. The molecule has 3 rings (SSSR count). The lowest BCUT2D eigenvalue weighted by atomic mass is 10.2. The smallest absolute Gasteiger partial charge is 0.211 e. The molecule has 1 N–H and O–H groups in total. The van der Waals surface area contributed by atoms with Crippen LogP contribution in [0.3, 0.4) is 0 Å². The summed E-state index contributed by atoms with van der Waals surface area (Å²) in [7, 11) is 0. The summed E-state index contributed by atoms with van der Waals surface area (Å²) in [6.45, 7) is 1.06. The van der Waals surface area contributed by atoms with Gasteiger partial charge in [-0.25, -0.2) is 4.98 Å². The first-order chi connectivity index (χ1) is 7.93. The van der Waals surface area contributed by atoms with Crippen LogP contribution in [0.15, 0.2) is 41.0 Å². The van der Waals surface area contributed by atoms with E-state index < -0.39 is 0 Å². The molecule has 1 unspecified atom stereocenters. The van der Waals surface area contributed by atoms with E-state index >= 15 is 0 Å². The number of hydrogen-bond acceptors (Lipinski definition) is 3. The molecule has 1 saturated heterocycles. The van der Waals surface area contributed by atoms with Gasteiger partial charge in [0.2, 0.25) is 5.89 Å². The number of hydrogen-bond donors (Lipinski definition) is 1. The van der Waals surface area contributed by atoms with Gasteiger partial charge in [-0.2, -0.15) is 0 Å². The van der Waals surface area contributed by atoms with Crippen molar-refractivity contribution in [3.05, 3.63) is 42.5 Å². The van der Waals surface area contributed by atoms with E-state index in [1.807, 2.05) is 30.3 Å². The van der Waals surface area contributed by atoms with Crippen LogP contribution < -0.4 is 5.32 Å². The summed E-state index contributed by atoms with van der Waals surface area (Å²) < 4.78 is 5.53. The fraction of sp³-hybridized carbons (Fsp3) is 0.308. The Bertz CT molecular complexity index is 458. The number of nitrogens with zero attached hydrogens (tertiary/aromatic N) is 1. The summed E-state index contributed by atoms with van der Waals surface area (Å²) >= 11 is 0. The molecule has 3 heteroatoms. The van der Waals surface area contributed by atoms with Crippen molar-refractivity contribution < 1.29 is 4.42 Å². The average Bonchev–Trinajstić information content (AvgIpc) is 3.01. The maximum atomic E-state index is 5.53. The van der Waals surface area contributed by atoms with E-state index in [0.29, 0.717) is 6.04 Å². The molecule has 0 bridgehead atoms. The lowest BCUT2D eigenvalue weighted by molar-refractivity contribution is 0.429. The third-order valence-electron chi connectivity index (χ3n) is 2.95. The van der Waals surface area contributed by atoms with Crippen molar-refractivity contribution in [1.82, 2.24) is 10.3 Å². The van der Waals surface area contributed by atoms with Crippen molar-refractivity contribution in [2.24, 2.45) is 0 Å². The molecule has 1 aromatic heterocycles. The topological polar surface area (TPSA) is 38.1 Å². The predicted octanol–water partition coefficient (Wildman–Crippen LogP) is 2.77. The molecule has 0 aliphatic carbocycles. The minimum absolute atomic E-state index is 0.303. The second-order valence-corrected chi connectivity index (χ2v) is 4.09. The molecular weight excluding hydrogens is 200 g/mol. The molecule has 1 atom stereocenters. The molecule has 2 aromatic rings. The van der Waals surface area contributed by atoms with Crippen molar-refractivity contribution >= 4 is 0 Å². The Morgan fingerprint density at radius 2 is 2.12 bits per heavy atom. The normalized spacial score (nSPS) is 20.1. The minimum Gasteiger partial charge on any atom is -0.447 e. The van der Waals surface area contributed by atoms with Gasteiger partial charge in [0.05, 0.1) is 6.04 Å². The van der Waals surface area contributed by atoms with Crippen LogP contribution in [-0.2, 0) is 0 Å². The Morgan fingerprint density at radius 1 is 1.25 bits per heavy atom. The molecule has 0 radical (unpaired) electrons. The fourth-order valence-corrected chi connectivity index (χ4v) is 2.08. The Balaban J connectivity index is 1.87. The van der Waals surface area contributed by atoms with E-state index in [9.17, 15) is 0 Å². The molecule has 0 amide bonds. The highest BCUT2D eigenvalue weighted by molar-refractivity contribution is 5.57. The van der Waals surface area contributed by atoms with E-state index in [2.05, 4.69) is 10.3 Å². The monoisotopic (exact) mass is 214 g/mol. The van der Waals surface area contributed by atoms with Crippen molar-refractivity contribution in [2.45, 2.75) is 18.9 Å². The van der Waals surface area contributed by atoms with E-state index in [0.717, 1.165) is 30.1 Å².